The third-order valence-corrected chi connectivity index (χ3v) is 5.60. The normalized spacial score (nSPS) is 16.3. The molecule has 0 amide bonds. The van der Waals surface area contributed by atoms with Crippen LogP contribution in [-0.2, 0) is 0 Å². The van der Waals surface area contributed by atoms with Crippen molar-refractivity contribution in [3.63, 3.8) is 0 Å². The van der Waals surface area contributed by atoms with Crippen LogP contribution in [0.1, 0.15) is 24.2 Å². The summed E-state index contributed by atoms with van der Waals surface area (Å²) in [6.07, 6.45) is 1.85. The van der Waals surface area contributed by atoms with Gasteiger partial charge in [0.1, 0.15) is 5.75 Å². The quantitative estimate of drug-likeness (QED) is 0.661. The Morgan fingerprint density at radius 2 is 1.79 bits per heavy atom. The highest BCUT2D eigenvalue weighted by atomic mass is 16.5. The summed E-state index contributed by atoms with van der Waals surface area (Å²) in [6.45, 7) is 8.17. The lowest BCUT2D eigenvalue weighted by Crippen LogP contribution is -2.51. The third-order valence-electron chi connectivity index (χ3n) is 5.60. The second kappa shape index (κ2) is 8.07. The first-order valence-electron chi connectivity index (χ1n) is 10.00. The highest BCUT2D eigenvalue weighted by Gasteiger charge is 2.28. The molecule has 1 aliphatic heterocycles. The maximum atomic E-state index is 13.1. The number of benzene rings is 2. The van der Waals surface area contributed by atoms with E-state index in [2.05, 4.69) is 20.9 Å². The van der Waals surface area contributed by atoms with Gasteiger partial charge in [-0.15, -0.1) is 0 Å². The Labute approximate surface area is 165 Å². The first-order valence-corrected chi connectivity index (χ1v) is 10.00. The molecule has 2 heterocycles. The lowest BCUT2D eigenvalue weighted by atomic mass is 10.0. The van der Waals surface area contributed by atoms with Gasteiger partial charge in [-0.3, -0.25) is 9.69 Å². The van der Waals surface area contributed by atoms with Gasteiger partial charge in [0.15, 0.2) is 5.78 Å². The summed E-state index contributed by atoms with van der Waals surface area (Å²) in [5.74, 6) is 1.11. The van der Waals surface area contributed by atoms with E-state index in [4.69, 9.17) is 4.74 Å². The molecule has 0 spiro atoms. The van der Waals surface area contributed by atoms with Crippen molar-refractivity contribution in [3.8, 4) is 5.75 Å². The number of ketones is 1. The van der Waals surface area contributed by atoms with Gasteiger partial charge in [0.05, 0.1) is 18.3 Å². The number of anilines is 1. The molecule has 0 saturated carbocycles. The predicted octanol–water partition coefficient (Wildman–Crippen LogP) is 3.96. The maximum Gasteiger partial charge on any atom is 0.181 e. The molecule has 2 aromatic carbocycles. The average molecular weight is 377 g/mol. The summed E-state index contributed by atoms with van der Waals surface area (Å²) in [6, 6.07) is 16.0. The highest BCUT2D eigenvalue weighted by Crippen LogP contribution is 2.29. The number of piperazine rings is 1. The van der Waals surface area contributed by atoms with E-state index in [0.29, 0.717) is 6.61 Å². The lowest BCUT2D eigenvalue weighted by molar-refractivity contribution is 0.0831. The largest absolute Gasteiger partial charge is 0.492 e. The van der Waals surface area contributed by atoms with E-state index in [1.807, 2.05) is 62.5 Å². The van der Waals surface area contributed by atoms with Gasteiger partial charge in [0.2, 0.25) is 0 Å². The summed E-state index contributed by atoms with van der Waals surface area (Å²) in [4.78, 5) is 21.0. The number of H-pyrrole nitrogens is 1. The number of Topliss-reactive ketones (excluding diaryl/α,β-unsaturated/α-hetero) is 1. The molecule has 0 bridgehead atoms. The van der Waals surface area contributed by atoms with Gasteiger partial charge < -0.3 is 14.6 Å². The molecule has 1 atom stereocenters. The van der Waals surface area contributed by atoms with Crippen LogP contribution in [0.15, 0.2) is 54.7 Å². The summed E-state index contributed by atoms with van der Waals surface area (Å²) < 4.78 is 5.78. The van der Waals surface area contributed by atoms with Gasteiger partial charge in [-0.1, -0.05) is 30.3 Å². The van der Waals surface area contributed by atoms with Crippen LogP contribution in [0.2, 0.25) is 0 Å². The number of hydrogen-bond acceptors (Lipinski definition) is 4. The molecule has 1 aliphatic rings. The van der Waals surface area contributed by atoms with E-state index in [9.17, 15) is 4.79 Å². The summed E-state index contributed by atoms with van der Waals surface area (Å²) in [5.41, 5.74) is 2.93. The lowest BCUT2D eigenvalue weighted by Gasteiger charge is -2.39. The van der Waals surface area contributed by atoms with Gasteiger partial charge in [0.25, 0.3) is 0 Å². The average Bonchev–Trinajstić information content (AvgIpc) is 3.18. The van der Waals surface area contributed by atoms with Crippen LogP contribution in [0.5, 0.6) is 5.75 Å². The first kappa shape index (κ1) is 18.6. The van der Waals surface area contributed by atoms with Crippen LogP contribution in [0.25, 0.3) is 10.9 Å². The fourth-order valence-corrected chi connectivity index (χ4v) is 4.01. The van der Waals surface area contributed by atoms with Gasteiger partial charge in [-0.2, -0.15) is 0 Å². The van der Waals surface area contributed by atoms with Crippen molar-refractivity contribution < 1.29 is 9.53 Å². The van der Waals surface area contributed by atoms with Crippen LogP contribution < -0.4 is 9.64 Å². The molecule has 3 aromatic rings. The zero-order valence-electron chi connectivity index (χ0n) is 16.5. The molecule has 1 N–H and O–H groups in total. The maximum absolute atomic E-state index is 13.1. The van der Waals surface area contributed by atoms with Crippen molar-refractivity contribution in [2.75, 3.05) is 37.7 Å². The van der Waals surface area contributed by atoms with Crippen molar-refractivity contribution in [2.45, 2.75) is 19.9 Å². The minimum atomic E-state index is -0.136. The van der Waals surface area contributed by atoms with Crippen molar-refractivity contribution in [3.05, 3.63) is 60.3 Å². The summed E-state index contributed by atoms with van der Waals surface area (Å²) in [7, 11) is 0. The summed E-state index contributed by atoms with van der Waals surface area (Å²) in [5, 5.41) is 1.00. The molecule has 5 heteroatoms. The van der Waals surface area contributed by atoms with E-state index in [0.717, 1.165) is 54.1 Å². The number of fused-ring (bicyclic) bond motifs is 1. The Kier molecular flexibility index (Phi) is 5.35. The Bertz CT molecular complexity index is 957. The molecule has 0 radical (unpaired) electrons. The molecular formula is C23H27N3O2. The molecule has 5 nitrogen and oxygen atoms in total. The van der Waals surface area contributed by atoms with Crippen molar-refractivity contribution in [1.82, 2.24) is 9.88 Å². The number of aromatic amines is 1. The van der Waals surface area contributed by atoms with Crippen molar-refractivity contribution in [1.29, 1.82) is 0 Å². The Morgan fingerprint density at radius 3 is 2.57 bits per heavy atom. The number of aromatic nitrogens is 1. The molecular weight excluding hydrogens is 350 g/mol. The smallest absolute Gasteiger partial charge is 0.181 e. The number of ether oxygens (including phenoxy) is 1. The molecule has 1 fully saturated rings. The molecule has 0 unspecified atom stereocenters. The topological polar surface area (TPSA) is 48.6 Å². The van der Waals surface area contributed by atoms with E-state index in [1.165, 1.54) is 0 Å². The first-order chi connectivity index (χ1) is 13.7. The Morgan fingerprint density at radius 1 is 1.07 bits per heavy atom. The molecule has 1 saturated heterocycles. The Hall–Kier alpha value is -2.79. The predicted molar refractivity (Wildman–Crippen MR) is 113 cm³/mol. The zero-order chi connectivity index (χ0) is 19.5. The van der Waals surface area contributed by atoms with Crippen LogP contribution in [0.4, 0.5) is 5.69 Å². The summed E-state index contributed by atoms with van der Waals surface area (Å²) >= 11 is 0. The molecule has 4 rings (SSSR count). The molecule has 146 valence electrons. The second-order valence-electron chi connectivity index (χ2n) is 7.21. The van der Waals surface area contributed by atoms with Crippen LogP contribution >= 0.6 is 0 Å². The SMILES string of the molecule is CCOc1ccccc1N1CCN([C@@H](C)C(=O)c2c[nH]c3ccccc23)CC1. The van der Waals surface area contributed by atoms with E-state index in [-0.39, 0.29) is 11.8 Å². The van der Waals surface area contributed by atoms with Gasteiger partial charge in [0, 0.05) is 48.8 Å². The molecule has 1 aromatic heterocycles. The van der Waals surface area contributed by atoms with Crippen LogP contribution in [0, 0.1) is 0 Å². The number of carbonyl (C=O) groups is 1. The van der Waals surface area contributed by atoms with Gasteiger partial charge in [-0.25, -0.2) is 0 Å². The number of hydrogen-bond donors (Lipinski definition) is 1. The minimum Gasteiger partial charge on any atom is -0.492 e. The van der Waals surface area contributed by atoms with Gasteiger partial charge in [-0.05, 0) is 32.0 Å². The Balaban J connectivity index is 1.44. The van der Waals surface area contributed by atoms with Crippen LogP contribution in [0.3, 0.4) is 0 Å². The molecule has 0 aliphatic carbocycles. The van der Waals surface area contributed by atoms with Crippen LogP contribution in [-0.4, -0.2) is 54.5 Å². The fraction of sp³-hybridized carbons (Fsp3) is 0.348. The van der Waals surface area contributed by atoms with Crippen molar-refractivity contribution in [2.24, 2.45) is 0 Å². The zero-order valence-corrected chi connectivity index (χ0v) is 16.5. The number of rotatable bonds is 6. The van der Waals surface area contributed by atoms with E-state index < -0.39 is 0 Å². The minimum absolute atomic E-state index is 0.136. The monoisotopic (exact) mass is 377 g/mol. The fourth-order valence-electron chi connectivity index (χ4n) is 4.01. The number of para-hydroxylation sites is 3. The van der Waals surface area contributed by atoms with E-state index >= 15 is 0 Å². The van der Waals surface area contributed by atoms with Crippen molar-refractivity contribution >= 4 is 22.4 Å². The number of nitrogens with zero attached hydrogens (tertiary/aromatic N) is 2. The number of nitrogens with one attached hydrogen (secondary N) is 1. The third kappa shape index (κ3) is 3.50. The second-order valence-corrected chi connectivity index (χ2v) is 7.21. The highest BCUT2D eigenvalue weighted by molar-refractivity contribution is 6.10. The van der Waals surface area contributed by atoms with Gasteiger partial charge >= 0.3 is 0 Å². The van der Waals surface area contributed by atoms with E-state index in [1.54, 1.807) is 0 Å². The standard InChI is InChI=1S/C23H27N3O2/c1-3-28-22-11-7-6-10-21(22)26-14-12-25(13-15-26)17(2)23(27)19-16-24-20-9-5-4-8-18(19)20/h4-11,16-17,24H,3,12-15H2,1-2H3/t17-/m0/s1. The number of carbonyl (C=O) groups excluding carboxylic acids is 1. The molecule has 28 heavy (non-hydrogen) atoms.